The highest BCUT2D eigenvalue weighted by molar-refractivity contribution is 6.07. The number of para-hydroxylation sites is 4. The molecule has 0 saturated carbocycles. The number of carbonyl (C=O) groups excluding carboxylic acids is 1. The number of pyridine rings is 1. The van der Waals surface area contributed by atoms with Crippen LogP contribution >= 0.6 is 0 Å². The molecule has 1 unspecified atom stereocenters. The van der Waals surface area contributed by atoms with Gasteiger partial charge in [0.2, 0.25) is 10.6 Å². The molecular formula is C28H28N6O3. The number of rotatable bonds is 8. The summed E-state index contributed by atoms with van der Waals surface area (Å²) in [5, 5.41) is 33.7. The molecule has 2 heterocycles. The fourth-order valence-electron chi connectivity index (χ4n) is 4.47. The van der Waals surface area contributed by atoms with Gasteiger partial charge in [-0.25, -0.2) is 9.71 Å². The van der Waals surface area contributed by atoms with Crippen LogP contribution in [0.15, 0.2) is 72.8 Å². The molecule has 3 aromatic carbocycles. The van der Waals surface area contributed by atoms with Crippen LogP contribution in [-0.2, 0) is 6.42 Å². The average Bonchev–Trinajstić information content (AvgIpc) is 2.92. The minimum absolute atomic E-state index is 0.0566. The van der Waals surface area contributed by atoms with Crippen LogP contribution in [0, 0.1) is 10.4 Å². The Morgan fingerprint density at radius 3 is 2.57 bits per heavy atom. The van der Waals surface area contributed by atoms with Crippen LogP contribution in [0.5, 0.6) is 0 Å². The number of hydrogen-bond donors (Lipinski definition) is 1. The molecule has 0 aliphatic rings. The normalized spacial score (nSPS) is 12.4. The van der Waals surface area contributed by atoms with E-state index in [1.807, 2.05) is 50.4 Å². The zero-order valence-corrected chi connectivity index (χ0v) is 20.8. The lowest BCUT2D eigenvalue weighted by Crippen LogP contribution is -2.45. The minimum Gasteiger partial charge on any atom is -0.710 e. The Morgan fingerprint density at radius 1 is 1.00 bits per heavy atom. The SMILES string of the molecule is CC(CNC(=O)c1cccc2cc3ccccc3nc12)N(C)CCCc1n[n+]([O-])c2ccccc2[n+]1[O-]. The van der Waals surface area contributed by atoms with Crippen LogP contribution in [0.25, 0.3) is 32.8 Å². The van der Waals surface area contributed by atoms with Crippen molar-refractivity contribution in [1.29, 1.82) is 0 Å². The van der Waals surface area contributed by atoms with E-state index < -0.39 is 0 Å². The summed E-state index contributed by atoms with van der Waals surface area (Å²) in [4.78, 5) is 20.4. The molecule has 0 radical (unpaired) electrons. The Bertz CT molecular complexity index is 1610. The van der Waals surface area contributed by atoms with E-state index >= 15 is 0 Å². The fourth-order valence-corrected chi connectivity index (χ4v) is 4.47. The maximum Gasteiger partial charge on any atom is 0.377 e. The predicted octanol–water partition coefficient (Wildman–Crippen LogP) is 2.89. The molecule has 2 aromatic heterocycles. The van der Waals surface area contributed by atoms with E-state index in [9.17, 15) is 15.2 Å². The van der Waals surface area contributed by atoms with Gasteiger partial charge in [0.25, 0.3) is 5.91 Å². The summed E-state index contributed by atoms with van der Waals surface area (Å²) < 4.78 is 0.731. The van der Waals surface area contributed by atoms with Gasteiger partial charge in [-0.1, -0.05) is 42.5 Å². The third-order valence-corrected chi connectivity index (χ3v) is 6.76. The third-order valence-electron chi connectivity index (χ3n) is 6.76. The zero-order chi connectivity index (χ0) is 25.9. The Balaban J connectivity index is 1.19. The molecule has 0 bridgehead atoms. The summed E-state index contributed by atoms with van der Waals surface area (Å²) in [6, 6.07) is 22.2. The number of fused-ring (bicyclic) bond motifs is 3. The molecule has 9 heteroatoms. The molecule has 9 nitrogen and oxygen atoms in total. The van der Waals surface area contributed by atoms with Gasteiger partial charge in [0, 0.05) is 29.4 Å². The Hall–Kier alpha value is -4.37. The van der Waals surface area contributed by atoms with Gasteiger partial charge in [-0.05, 0) is 51.2 Å². The van der Waals surface area contributed by atoms with Gasteiger partial charge >= 0.3 is 11.3 Å². The van der Waals surface area contributed by atoms with Crippen LogP contribution in [0.2, 0.25) is 0 Å². The lowest BCUT2D eigenvalue weighted by molar-refractivity contribution is -0.685. The lowest BCUT2D eigenvalue weighted by Gasteiger charge is -2.24. The molecule has 5 rings (SSSR count). The van der Waals surface area contributed by atoms with E-state index in [2.05, 4.69) is 21.4 Å². The first-order valence-corrected chi connectivity index (χ1v) is 12.3. The van der Waals surface area contributed by atoms with Gasteiger partial charge in [0.05, 0.1) is 27.9 Å². The van der Waals surface area contributed by atoms with Crippen molar-refractivity contribution in [1.82, 2.24) is 20.3 Å². The van der Waals surface area contributed by atoms with Crippen molar-refractivity contribution < 1.29 is 14.4 Å². The van der Waals surface area contributed by atoms with Crippen LogP contribution in [0.4, 0.5) is 0 Å². The zero-order valence-electron chi connectivity index (χ0n) is 20.8. The number of nitrogens with one attached hydrogen (secondary N) is 1. The summed E-state index contributed by atoms with van der Waals surface area (Å²) in [6.45, 7) is 3.16. The van der Waals surface area contributed by atoms with Crippen molar-refractivity contribution in [3.05, 3.63) is 94.6 Å². The monoisotopic (exact) mass is 496 g/mol. The summed E-state index contributed by atoms with van der Waals surface area (Å²) >= 11 is 0. The number of hydrogen-bond acceptors (Lipinski definition) is 6. The number of benzene rings is 3. The van der Waals surface area contributed by atoms with Crippen LogP contribution in [0.1, 0.15) is 29.5 Å². The van der Waals surface area contributed by atoms with Crippen molar-refractivity contribution in [3.8, 4) is 0 Å². The third kappa shape index (κ3) is 4.99. The highest BCUT2D eigenvalue weighted by atomic mass is 16.5. The van der Waals surface area contributed by atoms with E-state index in [-0.39, 0.29) is 23.3 Å². The molecule has 1 atom stereocenters. The minimum atomic E-state index is -0.165. The number of aromatic nitrogens is 4. The highest BCUT2D eigenvalue weighted by Gasteiger charge is 2.21. The van der Waals surface area contributed by atoms with Gasteiger partial charge in [0.1, 0.15) is 0 Å². The van der Waals surface area contributed by atoms with E-state index in [0.717, 1.165) is 21.0 Å². The first kappa shape index (κ1) is 24.3. The Kier molecular flexibility index (Phi) is 6.78. The van der Waals surface area contributed by atoms with Crippen LogP contribution in [0.3, 0.4) is 0 Å². The van der Waals surface area contributed by atoms with E-state index in [1.54, 1.807) is 30.3 Å². The molecule has 37 heavy (non-hydrogen) atoms. The van der Waals surface area contributed by atoms with Crippen LogP contribution in [-0.4, -0.2) is 47.1 Å². The molecule has 188 valence electrons. The van der Waals surface area contributed by atoms with E-state index in [0.29, 0.717) is 47.4 Å². The maximum absolute atomic E-state index is 13.1. The van der Waals surface area contributed by atoms with Crippen molar-refractivity contribution in [2.45, 2.75) is 25.8 Å². The largest absolute Gasteiger partial charge is 0.710 e. The molecule has 5 aromatic rings. The fraction of sp³-hybridized carbons (Fsp3) is 0.250. The molecule has 1 amide bonds. The second-order valence-electron chi connectivity index (χ2n) is 9.27. The number of nitrogens with zero attached hydrogens (tertiary/aromatic N) is 5. The molecular weight excluding hydrogens is 468 g/mol. The summed E-state index contributed by atoms with van der Waals surface area (Å²) in [5.74, 6) is 0.0282. The van der Waals surface area contributed by atoms with Crippen molar-refractivity contribution >= 4 is 38.7 Å². The number of carbonyl (C=O) groups is 1. The number of amides is 1. The molecule has 0 aliphatic carbocycles. The average molecular weight is 497 g/mol. The first-order valence-electron chi connectivity index (χ1n) is 12.3. The van der Waals surface area contributed by atoms with Gasteiger partial charge in [-0.2, -0.15) is 0 Å². The van der Waals surface area contributed by atoms with E-state index in [4.69, 9.17) is 4.98 Å². The van der Waals surface area contributed by atoms with Gasteiger partial charge in [-0.15, -0.1) is 0 Å². The standard InChI is InChI=1S/C28H28N6O3/c1-19(32(2)16-8-15-26-31-34(37)25-14-6-5-13-24(25)33(26)36)18-29-28(35)22-11-7-10-21-17-20-9-3-4-12-23(20)30-27(21)22/h3-7,9-14,17,19H,8,15-16,18H2,1-2H3,(H,29,35). The summed E-state index contributed by atoms with van der Waals surface area (Å²) in [5.41, 5.74) is 2.64. The topological polar surface area (TPSA) is 112 Å². The van der Waals surface area contributed by atoms with Gasteiger partial charge in [-0.3, -0.25) is 4.79 Å². The molecule has 0 spiro atoms. The predicted molar refractivity (Wildman–Crippen MR) is 142 cm³/mol. The Morgan fingerprint density at radius 2 is 1.73 bits per heavy atom. The smallest absolute Gasteiger partial charge is 0.377 e. The quantitative estimate of drug-likeness (QED) is 0.201. The van der Waals surface area contributed by atoms with Crippen molar-refractivity contribution in [2.24, 2.45) is 0 Å². The van der Waals surface area contributed by atoms with Gasteiger partial charge in [0.15, 0.2) is 0 Å². The molecule has 0 aliphatic heterocycles. The van der Waals surface area contributed by atoms with Crippen molar-refractivity contribution in [2.75, 3.05) is 20.1 Å². The van der Waals surface area contributed by atoms with Gasteiger partial charge < -0.3 is 20.6 Å². The van der Waals surface area contributed by atoms with Crippen molar-refractivity contribution in [3.63, 3.8) is 0 Å². The molecule has 0 fully saturated rings. The summed E-state index contributed by atoms with van der Waals surface area (Å²) in [7, 11) is 1.97. The lowest BCUT2D eigenvalue weighted by atomic mass is 10.1. The number of aryl methyl sites for hydroxylation is 1. The summed E-state index contributed by atoms with van der Waals surface area (Å²) in [6.07, 6.45) is 1.01. The number of likely N-dealkylation sites (N-methyl/N-ethyl adjacent to an activating group) is 1. The second-order valence-corrected chi connectivity index (χ2v) is 9.27. The second kappa shape index (κ2) is 10.3. The van der Waals surface area contributed by atoms with E-state index in [1.165, 1.54) is 0 Å². The maximum atomic E-state index is 13.1. The van der Waals surface area contributed by atoms with Crippen LogP contribution < -0.4 is 14.9 Å². The molecule has 0 saturated heterocycles. The molecule has 1 N–H and O–H groups in total. The Labute approximate surface area is 214 Å². The highest BCUT2D eigenvalue weighted by Crippen LogP contribution is 2.22. The first-order chi connectivity index (χ1) is 17.9.